The molecule has 0 saturated carbocycles. The van der Waals surface area contributed by atoms with Gasteiger partial charge in [0, 0.05) is 32.1 Å². The summed E-state index contributed by atoms with van der Waals surface area (Å²) in [6.45, 7) is 0. The number of hydrogen-bond donors (Lipinski definition) is 2. The highest BCUT2D eigenvalue weighted by molar-refractivity contribution is 6.00. The summed E-state index contributed by atoms with van der Waals surface area (Å²) in [7, 11) is 3.41. The Morgan fingerprint density at radius 3 is 2.65 bits per heavy atom. The molecule has 0 aliphatic carbocycles. The Balaban J connectivity index is 2.05. The lowest BCUT2D eigenvalue weighted by atomic mass is 10.1. The number of hydrogen-bond acceptors (Lipinski definition) is 5. The van der Waals surface area contributed by atoms with Gasteiger partial charge in [0.05, 0.1) is 11.0 Å². The zero-order valence-electron chi connectivity index (χ0n) is 12.7. The molecule has 0 fully saturated rings. The number of nitrogens with two attached hydrogens (primary N) is 1. The minimum Gasteiger partial charge on any atom is -0.373 e. The lowest BCUT2D eigenvalue weighted by molar-refractivity contribution is 0.100. The van der Waals surface area contributed by atoms with E-state index >= 15 is 0 Å². The van der Waals surface area contributed by atoms with Crippen molar-refractivity contribution < 1.29 is 4.79 Å². The van der Waals surface area contributed by atoms with E-state index in [2.05, 4.69) is 32.2 Å². The van der Waals surface area contributed by atoms with E-state index < -0.39 is 5.91 Å². The van der Waals surface area contributed by atoms with Crippen LogP contribution in [0.25, 0.3) is 11.0 Å². The average molecular weight is 306 g/mol. The zero-order chi connectivity index (χ0) is 16.4. The van der Waals surface area contributed by atoms with Crippen LogP contribution in [0.3, 0.4) is 0 Å². The van der Waals surface area contributed by atoms with Crippen LogP contribution in [0.15, 0.2) is 30.6 Å². The molecule has 0 spiro atoms. The van der Waals surface area contributed by atoms with E-state index in [9.17, 15) is 4.79 Å². The first-order valence-corrected chi connectivity index (χ1v) is 6.87. The third-order valence-electron chi connectivity index (χ3n) is 3.32. The molecule has 23 heavy (non-hydrogen) atoms. The fourth-order valence-corrected chi connectivity index (χ4v) is 2.30. The van der Waals surface area contributed by atoms with Gasteiger partial charge in [0.2, 0.25) is 0 Å². The summed E-state index contributed by atoms with van der Waals surface area (Å²) in [5.74, 6) is 5.84. The molecule has 114 valence electrons. The molecule has 0 saturated heterocycles. The highest BCUT2D eigenvalue weighted by atomic mass is 16.1. The lowest BCUT2D eigenvalue weighted by Crippen LogP contribution is -2.14. The first-order valence-electron chi connectivity index (χ1n) is 6.87. The number of amides is 1. The summed E-state index contributed by atoms with van der Waals surface area (Å²) in [6, 6.07) is 5.52. The van der Waals surface area contributed by atoms with Gasteiger partial charge in [-0.1, -0.05) is 5.92 Å². The summed E-state index contributed by atoms with van der Waals surface area (Å²) < 4.78 is 1.54. The van der Waals surface area contributed by atoms with E-state index in [1.165, 1.54) is 4.68 Å². The monoisotopic (exact) mass is 306 g/mol. The van der Waals surface area contributed by atoms with Crippen molar-refractivity contribution in [2.45, 2.75) is 0 Å². The molecule has 1 aromatic carbocycles. The number of fused-ring (bicyclic) bond motifs is 1. The second-order valence-electron chi connectivity index (χ2n) is 4.82. The molecule has 3 aromatic rings. The highest BCUT2D eigenvalue weighted by Gasteiger charge is 2.18. The van der Waals surface area contributed by atoms with E-state index in [0.29, 0.717) is 11.5 Å². The smallest absolute Gasteiger partial charge is 0.255 e. The van der Waals surface area contributed by atoms with E-state index in [1.807, 2.05) is 18.2 Å². The summed E-state index contributed by atoms with van der Waals surface area (Å²) in [6.07, 6.45) is 3.27. The maximum Gasteiger partial charge on any atom is 0.255 e. The maximum absolute atomic E-state index is 11.6. The Bertz CT molecular complexity index is 964. The normalized spacial score (nSPS) is 10.2. The number of carbonyl (C=O) groups excluding carboxylic acids is 1. The first kappa shape index (κ1) is 14.5. The van der Waals surface area contributed by atoms with Crippen molar-refractivity contribution in [2.24, 2.45) is 12.8 Å². The lowest BCUT2D eigenvalue weighted by Gasteiger charge is -2.00. The maximum atomic E-state index is 11.6. The number of nitrogens with zero attached hydrogens (tertiary/aromatic N) is 4. The topological polar surface area (TPSA) is 98.7 Å². The van der Waals surface area contributed by atoms with Crippen molar-refractivity contribution >= 4 is 22.8 Å². The van der Waals surface area contributed by atoms with Gasteiger partial charge in [0.15, 0.2) is 5.69 Å². The van der Waals surface area contributed by atoms with Crippen molar-refractivity contribution in [3.8, 4) is 11.8 Å². The summed E-state index contributed by atoms with van der Waals surface area (Å²) in [5, 5.41) is 7.13. The molecular weight excluding hydrogens is 292 g/mol. The minimum absolute atomic E-state index is 0.281. The van der Waals surface area contributed by atoms with E-state index in [0.717, 1.165) is 16.6 Å². The summed E-state index contributed by atoms with van der Waals surface area (Å²) >= 11 is 0. The molecule has 2 heterocycles. The molecule has 0 unspecified atom stereocenters. The Hall–Kier alpha value is -3.40. The molecule has 0 aliphatic rings. The predicted molar refractivity (Wildman–Crippen MR) is 86.8 cm³/mol. The second-order valence-corrected chi connectivity index (χ2v) is 4.82. The highest BCUT2D eigenvalue weighted by Crippen LogP contribution is 2.17. The summed E-state index contributed by atoms with van der Waals surface area (Å²) in [4.78, 5) is 20.1. The zero-order valence-corrected chi connectivity index (χ0v) is 12.7. The average Bonchev–Trinajstić information content (AvgIpc) is 2.88. The van der Waals surface area contributed by atoms with Crippen LogP contribution in [0.4, 0.5) is 5.82 Å². The van der Waals surface area contributed by atoms with E-state index in [1.54, 1.807) is 26.5 Å². The first-order chi connectivity index (χ1) is 11.1. The SMILES string of the molecule is CNc1c(C(N)=O)c(C#Cc2ccc3nccnc3c2)nn1C. The molecule has 0 radical (unpaired) electrons. The molecule has 0 atom stereocenters. The van der Waals surface area contributed by atoms with Crippen molar-refractivity contribution in [3.05, 3.63) is 47.4 Å². The van der Waals surface area contributed by atoms with Crippen LogP contribution < -0.4 is 11.1 Å². The Morgan fingerprint density at radius 1 is 1.22 bits per heavy atom. The number of nitrogens with one attached hydrogen (secondary N) is 1. The number of primary amides is 1. The predicted octanol–water partition coefficient (Wildman–Crippen LogP) is 0.904. The van der Waals surface area contributed by atoms with Gasteiger partial charge >= 0.3 is 0 Å². The third kappa shape index (κ3) is 2.70. The number of carbonyl (C=O) groups is 1. The van der Waals surface area contributed by atoms with Crippen molar-refractivity contribution in [1.29, 1.82) is 0 Å². The fourth-order valence-electron chi connectivity index (χ4n) is 2.30. The number of aryl methyl sites for hydroxylation is 1. The molecule has 0 bridgehead atoms. The molecule has 1 amide bonds. The van der Waals surface area contributed by atoms with Gasteiger partial charge in [-0.3, -0.25) is 19.4 Å². The van der Waals surface area contributed by atoms with Crippen LogP contribution in [-0.4, -0.2) is 32.7 Å². The fraction of sp³-hybridized carbons (Fsp3) is 0.125. The number of anilines is 1. The van der Waals surface area contributed by atoms with Crippen LogP contribution >= 0.6 is 0 Å². The molecule has 7 heteroatoms. The van der Waals surface area contributed by atoms with Crippen molar-refractivity contribution in [2.75, 3.05) is 12.4 Å². The standard InChI is InChI=1S/C16H14N6O/c1-18-16-14(15(17)23)12(21-22(16)2)6-4-10-3-5-11-13(9-10)20-8-7-19-11/h3,5,7-9,18H,1-2H3,(H2,17,23). The van der Waals surface area contributed by atoms with Crippen molar-refractivity contribution in [1.82, 2.24) is 19.7 Å². The van der Waals surface area contributed by atoms with Gasteiger partial charge < -0.3 is 11.1 Å². The summed E-state index contributed by atoms with van der Waals surface area (Å²) in [5.41, 5.74) is 8.35. The van der Waals surface area contributed by atoms with Crippen LogP contribution in [-0.2, 0) is 7.05 Å². The van der Waals surface area contributed by atoms with E-state index in [4.69, 9.17) is 5.73 Å². The van der Waals surface area contributed by atoms with Gasteiger partial charge in [0.1, 0.15) is 11.4 Å². The number of benzene rings is 1. The van der Waals surface area contributed by atoms with Crippen LogP contribution in [0, 0.1) is 11.8 Å². The van der Waals surface area contributed by atoms with Crippen LogP contribution in [0.1, 0.15) is 21.6 Å². The minimum atomic E-state index is -0.573. The molecule has 3 N–H and O–H groups in total. The van der Waals surface area contributed by atoms with Gasteiger partial charge in [-0.25, -0.2) is 0 Å². The van der Waals surface area contributed by atoms with Crippen LogP contribution in [0.5, 0.6) is 0 Å². The van der Waals surface area contributed by atoms with Crippen molar-refractivity contribution in [3.63, 3.8) is 0 Å². The van der Waals surface area contributed by atoms with Gasteiger partial charge in [-0.2, -0.15) is 5.10 Å². The van der Waals surface area contributed by atoms with Gasteiger partial charge in [-0.05, 0) is 24.1 Å². The van der Waals surface area contributed by atoms with Crippen LogP contribution in [0.2, 0.25) is 0 Å². The molecule has 7 nitrogen and oxygen atoms in total. The largest absolute Gasteiger partial charge is 0.373 e. The second kappa shape index (κ2) is 5.77. The van der Waals surface area contributed by atoms with E-state index in [-0.39, 0.29) is 5.56 Å². The molecule has 2 aromatic heterocycles. The Morgan fingerprint density at radius 2 is 1.96 bits per heavy atom. The number of rotatable bonds is 2. The third-order valence-corrected chi connectivity index (χ3v) is 3.32. The quantitative estimate of drug-likeness (QED) is 0.685. The van der Waals surface area contributed by atoms with Gasteiger partial charge in [-0.15, -0.1) is 0 Å². The number of aromatic nitrogens is 4. The van der Waals surface area contributed by atoms with Gasteiger partial charge in [0.25, 0.3) is 5.91 Å². The Labute approximate surface area is 132 Å². The molecule has 0 aliphatic heterocycles. The molecule has 3 rings (SSSR count). The Kier molecular flexibility index (Phi) is 3.65. The molecular formula is C16H14N6O.